The zero-order valence-electron chi connectivity index (χ0n) is 16.4. The van der Waals surface area contributed by atoms with E-state index in [4.69, 9.17) is 0 Å². The van der Waals surface area contributed by atoms with Gasteiger partial charge in [0.05, 0.1) is 9.85 Å². The molecule has 0 fully saturated rings. The van der Waals surface area contributed by atoms with Crippen LogP contribution in [0.25, 0.3) is 6.08 Å². The molecule has 0 aliphatic rings. The van der Waals surface area contributed by atoms with Crippen LogP contribution >= 0.6 is 0 Å². The summed E-state index contributed by atoms with van der Waals surface area (Å²) in [6, 6.07) is 18.9. The highest BCUT2D eigenvalue weighted by atomic mass is 16.6. The summed E-state index contributed by atoms with van der Waals surface area (Å²) >= 11 is 0. The van der Waals surface area contributed by atoms with Crippen molar-refractivity contribution in [1.82, 2.24) is 5.32 Å². The van der Waals surface area contributed by atoms with Gasteiger partial charge in [-0.3, -0.25) is 29.8 Å². The predicted octanol–water partition coefficient (Wildman–Crippen LogP) is 3.91. The van der Waals surface area contributed by atoms with Gasteiger partial charge in [-0.2, -0.15) is 0 Å². The van der Waals surface area contributed by atoms with Gasteiger partial charge < -0.3 is 10.6 Å². The molecule has 0 radical (unpaired) electrons. The Morgan fingerprint density at radius 3 is 2.06 bits per heavy atom. The Balaban J connectivity index is 1.90. The van der Waals surface area contributed by atoms with E-state index in [1.54, 1.807) is 30.3 Å². The third-order valence-electron chi connectivity index (χ3n) is 4.26. The molecule has 0 unspecified atom stereocenters. The molecule has 0 bridgehead atoms. The Labute approximate surface area is 181 Å². The van der Waals surface area contributed by atoms with Crippen molar-refractivity contribution in [3.63, 3.8) is 0 Å². The van der Waals surface area contributed by atoms with Gasteiger partial charge in [-0.15, -0.1) is 0 Å². The second-order valence-electron chi connectivity index (χ2n) is 6.49. The van der Waals surface area contributed by atoms with Crippen LogP contribution in [0.1, 0.15) is 15.9 Å². The van der Waals surface area contributed by atoms with Crippen molar-refractivity contribution in [2.24, 2.45) is 0 Å². The maximum Gasteiger partial charge on any atom is 0.272 e. The van der Waals surface area contributed by atoms with Crippen molar-refractivity contribution in [3.05, 3.63) is 116 Å². The first kappa shape index (κ1) is 21.8. The van der Waals surface area contributed by atoms with E-state index < -0.39 is 21.7 Å². The second kappa shape index (κ2) is 9.76. The van der Waals surface area contributed by atoms with Crippen LogP contribution in [0.2, 0.25) is 0 Å². The predicted molar refractivity (Wildman–Crippen MR) is 117 cm³/mol. The first-order valence-corrected chi connectivity index (χ1v) is 9.22. The SMILES string of the molecule is O=C(Nc1cccc([N+](=O)[O-])c1)/C(=C\c1ccc([N+](=O)[O-])cc1)NC(=O)c1ccccc1. The fraction of sp³-hybridized carbons (Fsp3) is 0. The minimum absolute atomic E-state index is 0.127. The van der Waals surface area contributed by atoms with Gasteiger partial charge in [-0.1, -0.05) is 24.3 Å². The van der Waals surface area contributed by atoms with E-state index >= 15 is 0 Å². The number of amides is 2. The normalized spacial score (nSPS) is 10.8. The Kier molecular flexibility index (Phi) is 6.66. The first-order valence-electron chi connectivity index (χ1n) is 9.22. The monoisotopic (exact) mass is 432 g/mol. The number of nitrogens with one attached hydrogen (secondary N) is 2. The van der Waals surface area contributed by atoms with Crippen LogP contribution in [-0.2, 0) is 4.79 Å². The van der Waals surface area contributed by atoms with Crippen molar-refractivity contribution in [2.75, 3.05) is 5.32 Å². The number of nitro benzene ring substituents is 2. The van der Waals surface area contributed by atoms with Crippen molar-refractivity contribution >= 4 is 35.0 Å². The number of carbonyl (C=O) groups is 2. The third kappa shape index (κ3) is 5.60. The van der Waals surface area contributed by atoms with Crippen molar-refractivity contribution < 1.29 is 19.4 Å². The molecule has 0 spiro atoms. The number of benzene rings is 3. The van der Waals surface area contributed by atoms with E-state index in [9.17, 15) is 29.8 Å². The lowest BCUT2D eigenvalue weighted by Gasteiger charge is -2.11. The molecule has 3 aromatic rings. The lowest BCUT2D eigenvalue weighted by Crippen LogP contribution is -2.30. The van der Waals surface area contributed by atoms with Crippen molar-refractivity contribution in [2.45, 2.75) is 0 Å². The Hall–Kier alpha value is -4.86. The second-order valence-corrected chi connectivity index (χ2v) is 6.49. The zero-order valence-corrected chi connectivity index (χ0v) is 16.4. The summed E-state index contributed by atoms with van der Waals surface area (Å²) in [6.07, 6.45) is 1.34. The van der Waals surface area contributed by atoms with E-state index in [-0.39, 0.29) is 22.8 Å². The molecule has 2 N–H and O–H groups in total. The molecule has 2 amide bonds. The Morgan fingerprint density at radius 1 is 0.781 bits per heavy atom. The minimum atomic E-state index is -0.729. The highest BCUT2D eigenvalue weighted by Gasteiger charge is 2.16. The lowest BCUT2D eigenvalue weighted by atomic mass is 10.1. The molecule has 10 nitrogen and oxygen atoms in total. The fourth-order valence-corrected chi connectivity index (χ4v) is 2.70. The number of non-ortho nitro benzene ring substituents is 2. The standard InChI is InChI=1S/C22H16N4O6/c27-21(16-5-2-1-3-6-16)24-20(13-15-9-11-18(12-10-15)25(29)30)22(28)23-17-7-4-8-19(14-17)26(31)32/h1-14H,(H,23,28)(H,24,27)/b20-13+. The maximum atomic E-state index is 12.9. The van der Waals surface area contributed by atoms with Crippen molar-refractivity contribution in [1.29, 1.82) is 0 Å². The van der Waals surface area contributed by atoms with Crippen LogP contribution in [0.15, 0.2) is 84.6 Å². The van der Waals surface area contributed by atoms with Crippen LogP contribution in [0.4, 0.5) is 17.1 Å². The average molecular weight is 432 g/mol. The molecule has 32 heavy (non-hydrogen) atoms. The van der Waals surface area contributed by atoms with Gasteiger partial charge in [-0.05, 0) is 42.0 Å². The molecule has 10 heteroatoms. The topological polar surface area (TPSA) is 144 Å². The summed E-state index contributed by atoms with van der Waals surface area (Å²) in [6.45, 7) is 0. The zero-order chi connectivity index (χ0) is 23.1. The van der Waals surface area contributed by atoms with Crippen molar-refractivity contribution in [3.8, 4) is 0 Å². The molecule has 0 atom stereocenters. The maximum absolute atomic E-state index is 12.9. The van der Waals surface area contributed by atoms with Gasteiger partial charge in [0.25, 0.3) is 23.2 Å². The quantitative estimate of drug-likeness (QED) is 0.329. The Morgan fingerprint density at radius 2 is 1.44 bits per heavy atom. The lowest BCUT2D eigenvalue weighted by molar-refractivity contribution is -0.385. The van der Waals surface area contributed by atoms with E-state index in [1.165, 1.54) is 54.6 Å². The largest absolute Gasteiger partial charge is 0.320 e. The van der Waals surface area contributed by atoms with Crippen LogP contribution in [0.3, 0.4) is 0 Å². The molecule has 3 rings (SSSR count). The van der Waals surface area contributed by atoms with E-state index in [1.807, 2.05) is 0 Å². The van der Waals surface area contributed by atoms with Crippen LogP contribution in [0, 0.1) is 20.2 Å². The van der Waals surface area contributed by atoms with Gasteiger partial charge in [0.1, 0.15) is 5.70 Å². The van der Waals surface area contributed by atoms with Crippen LogP contribution in [-0.4, -0.2) is 21.7 Å². The van der Waals surface area contributed by atoms with Gasteiger partial charge in [-0.25, -0.2) is 0 Å². The summed E-state index contributed by atoms with van der Waals surface area (Å²) in [7, 11) is 0. The van der Waals surface area contributed by atoms with E-state index in [0.29, 0.717) is 11.1 Å². The Bertz CT molecular complexity index is 1210. The van der Waals surface area contributed by atoms with Crippen LogP contribution < -0.4 is 10.6 Å². The molecular formula is C22H16N4O6. The highest BCUT2D eigenvalue weighted by Crippen LogP contribution is 2.19. The minimum Gasteiger partial charge on any atom is -0.320 e. The molecule has 0 aromatic heterocycles. The molecular weight excluding hydrogens is 416 g/mol. The van der Waals surface area contributed by atoms with Gasteiger partial charge in [0.15, 0.2) is 0 Å². The fourth-order valence-electron chi connectivity index (χ4n) is 2.70. The summed E-state index contributed by atoms with van der Waals surface area (Å²) in [5, 5.41) is 26.8. The molecule has 0 saturated carbocycles. The number of hydrogen-bond donors (Lipinski definition) is 2. The van der Waals surface area contributed by atoms with Gasteiger partial charge in [0, 0.05) is 35.5 Å². The number of anilines is 1. The molecule has 0 heterocycles. The number of hydrogen-bond acceptors (Lipinski definition) is 6. The summed E-state index contributed by atoms with van der Waals surface area (Å²) in [4.78, 5) is 46.1. The number of rotatable bonds is 7. The molecule has 0 saturated heterocycles. The first-order chi connectivity index (χ1) is 15.3. The van der Waals surface area contributed by atoms with Crippen LogP contribution in [0.5, 0.6) is 0 Å². The molecule has 3 aromatic carbocycles. The average Bonchev–Trinajstić information content (AvgIpc) is 2.79. The molecule has 160 valence electrons. The van der Waals surface area contributed by atoms with E-state index in [0.717, 1.165) is 0 Å². The number of nitro groups is 2. The molecule has 0 aliphatic carbocycles. The summed E-state index contributed by atoms with van der Waals surface area (Å²) in [5.41, 5.74) is 0.403. The summed E-state index contributed by atoms with van der Waals surface area (Å²) in [5.74, 6) is -1.28. The summed E-state index contributed by atoms with van der Waals surface area (Å²) < 4.78 is 0. The third-order valence-corrected chi connectivity index (χ3v) is 4.26. The van der Waals surface area contributed by atoms with E-state index in [2.05, 4.69) is 10.6 Å². The number of nitrogens with zero attached hydrogens (tertiary/aromatic N) is 2. The van der Waals surface area contributed by atoms with Gasteiger partial charge in [0.2, 0.25) is 0 Å². The molecule has 0 aliphatic heterocycles. The smallest absolute Gasteiger partial charge is 0.272 e. The highest BCUT2D eigenvalue weighted by molar-refractivity contribution is 6.10. The van der Waals surface area contributed by atoms with Gasteiger partial charge >= 0.3 is 0 Å². The number of carbonyl (C=O) groups excluding carboxylic acids is 2.